The van der Waals surface area contributed by atoms with Crippen molar-refractivity contribution in [3.8, 4) is 0 Å². The number of hydrogen-bond acceptors (Lipinski definition) is 5. The molecule has 0 spiro atoms. The van der Waals surface area contributed by atoms with Crippen LogP contribution in [-0.2, 0) is 21.9 Å². The summed E-state index contributed by atoms with van der Waals surface area (Å²) in [6.07, 6.45) is 0.741. The van der Waals surface area contributed by atoms with Crippen LogP contribution in [0.5, 0.6) is 0 Å². The van der Waals surface area contributed by atoms with E-state index in [4.69, 9.17) is 4.42 Å². The predicted octanol–water partition coefficient (Wildman–Crippen LogP) is 1.72. The fourth-order valence-corrected chi connectivity index (χ4v) is 2.91. The van der Waals surface area contributed by atoms with Crippen LogP contribution >= 0.6 is 11.8 Å². The first-order chi connectivity index (χ1) is 9.56. The van der Waals surface area contributed by atoms with Crippen LogP contribution < -0.4 is 0 Å². The summed E-state index contributed by atoms with van der Waals surface area (Å²) < 4.78 is 5.70. The van der Waals surface area contributed by atoms with Crippen LogP contribution in [0, 0.1) is 0 Å². The second-order valence-electron chi connectivity index (χ2n) is 5.10. The first-order valence-corrected chi connectivity index (χ1v) is 7.85. The van der Waals surface area contributed by atoms with Gasteiger partial charge in [0.1, 0.15) is 11.5 Å². The number of imide groups is 1. The lowest BCUT2D eigenvalue weighted by Gasteiger charge is -2.12. The standard InChI is InChI=1S/C14H20N2O3S/c1-15(2)9-11-3-4-12(19-11)10-20-8-7-16-13(17)5-6-14(16)18/h3-4H,5-10H2,1-2H3. The van der Waals surface area contributed by atoms with Gasteiger partial charge < -0.3 is 9.32 Å². The number of thioether (sulfide) groups is 1. The zero-order valence-electron chi connectivity index (χ0n) is 11.9. The third kappa shape index (κ3) is 4.11. The molecule has 0 N–H and O–H groups in total. The van der Waals surface area contributed by atoms with Crippen molar-refractivity contribution < 1.29 is 14.0 Å². The van der Waals surface area contributed by atoms with Gasteiger partial charge in [0.25, 0.3) is 0 Å². The van der Waals surface area contributed by atoms with Crippen molar-refractivity contribution in [3.63, 3.8) is 0 Å². The highest BCUT2D eigenvalue weighted by atomic mass is 32.2. The number of hydrogen-bond donors (Lipinski definition) is 0. The molecule has 1 aliphatic rings. The molecule has 6 heteroatoms. The lowest BCUT2D eigenvalue weighted by molar-refractivity contribution is -0.137. The maximum Gasteiger partial charge on any atom is 0.229 e. The second-order valence-corrected chi connectivity index (χ2v) is 6.20. The van der Waals surface area contributed by atoms with Crippen LogP contribution in [0.4, 0.5) is 0 Å². The van der Waals surface area contributed by atoms with E-state index in [2.05, 4.69) is 4.90 Å². The average molecular weight is 296 g/mol. The molecule has 0 unspecified atom stereocenters. The molecule has 1 fully saturated rings. The summed E-state index contributed by atoms with van der Waals surface area (Å²) in [6, 6.07) is 3.97. The van der Waals surface area contributed by atoms with Crippen LogP contribution in [-0.4, -0.2) is 48.0 Å². The van der Waals surface area contributed by atoms with E-state index in [1.165, 1.54) is 4.90 Å². The minimum atomic E-state index is -0.0399. The third-order valence-corrected chi connectivity index (χ3v) is 4.01. The number of carbonyl (C=O) groups excluding carboxylic acids is 2. The van der Waals surface area contributed by atoms with E-state index in [9.17, 15) is 9.59 Å². The SMILES string of the molecule is CN(C)Cc1ccc(CSCCN2C(=O)CCC2=O)o1. The summed E-state index contributed by atoms with van der Waals surface area (Å²) in [4.78, 5) is 26.3. The molecule has 0 saturated carbocycles. The number of likely N-dealkylation sites (tertiary alicyclic amines) is 1. The van der Waals surface area contributed by atoms with E-state index in [-0.39, 0.29) is 11.8 Å². The molecule has 5 nitrogen and oxygen atoms in total. The van der Waals surface area contributed by atoms with Crippen molar-refractivity contribution in [2.75, 3.05) is 26.4 Å². The van der Waals surface area contributed by atoms with Gasteiger partial charge in [-0.05, 0) is 26.2 Å². The van der Waals surface area contributed by atoms with Crippen molar-refractivity contribution in [1.82, 2.24) is 9.80 Å². The Morgan fingerprint density at radius 2 is 1.85 bits per heavy atom. The van der Waals surface area contributed by atoms with Gasteiger partial charge in [0.15, 0.2) is 0 Å². The minimum Gasteiger partial charge on any atom is -0.464 e. The van der Waals surface area contributed by atoms with Crippen molar-refractivity contribution in [3.05, 3.63) is 23.7 Å². The Balaban J connectivity index is 1.69. The lowest BCUT2D eigenvalue weighted by Crippen LogP contribution is -2.31. The number of nitrogens with zero attached hydrogens (tertiary/aromatic N) is 2. The van der Waals surface area contributed by atoms with Crippen LogP contribution in [0.2, 0.25) is 0 Å². The molecule has 0 bridgehead atoms. The molecular weight excluding hydrogens is 276 g/mol. The summed E-state index contributed by atoms with van der Waals surface area (Å²) in [5.41, 5.74) is 0. The number of carbonyl (C=O) groups is 2. The highest BCUT2D eigenvalue weighted by Gasteiger charge is 2.27. The zero-order valence-corrected chi connectivity index (χ0v) is 12.7. The van der Waals surface area contributed by atoms with Gasteiger partial charge in [-0.25, -0.2) is 0 Å². The number of furan rings is 1. The Kier molecular flexibility index (Phi) is 5.25. The molecule has 0 aromatic carbocycles. The Morgan fingerprint density at radius 3 is 2.50 bits per heavy atom. The summed E-state index contributed by atoms with van der Waals surface area (Å²) >= 11 is 1.68. The van der Waals surface area contributed by atoms with Gasteiger partial charge >= 0.3 is 0 Å². The van der Waals surface area contributed by atoms with Crippen LogP contribution in [0.25, 0.3) is 0 Å². The molecule has 2 amide bonds. The van der Waals surface area contributed by atoms with Gasteiger partial charge in [-0.3, -0.25) is 14.5 Å². The Bertz CT molecular complexity index is 469. The fraction of sp³-hybridized carbons (Fsp3) is 0.571. The molecule has 20 heavy (non-hydrogen) atoms. The number of rotatable bonds is 7. The average Bonchev–Trinajstić information content (AvgIpc) is 2.94. The topological polar surface area (TPSA) is 53.8 Å². The quantitative estimate of drug-likeness (QED) is 0.566. The fourth-order valence-electron chi connectivity index (χ4n) is 2.10. The van der Waals surface area contributed by atoms with Gasteiger partial charge in [0, 0.05) is 25.1 Å². The summed E-state index contributed by atoms with van der Waals surface area (Å²) in [5.74, 6) is 3.33. The van der Waals surface area contributed by atoms with E-state index >= 15 is 0 Å². The van der Waals surface area contributed by atoms with Gasteiger partial charge in [-0.2, -0.15) is 11.8 Å². The van der Waals surface area contributed by atoms with Crippen molar-refractivity contribution in [1.29, 1.82) is 0 Å². The highest BCUT2D eigenvalue weighted by molar-refractivity contribution is 7.98. The Morgan fingerprint density at radius 1 is 1.20 bits per heavy atom. The third-order valence-electron chi connectivity index (χ3n) is 3.05. The van der Waals surface area contributed by atoms with Crippen molar-refractivity contribution in [2.24, 2.45) is 0 Å². The maximum atomic E-state index is 11.4. The first kappa shape index (κ1) is 15.1. The molecule has 1 aliphatic heterocycles. The molecular formula is C14H20N2O3S. The van der Waals surface area contributed by atoms with E-state index in [0.29, 0.717) is 19.4 Å². The molecule has 1 aromatic rings. The van der Waals surface area contributed by atoms with Crippen LogP contribution in [0.3, 0.4) is 0 Å². The summed E-state index contributed by atoms with van der Waals surface area (Å²) in [5, 5.41) is 0. The summed E-state index contributed by atoms with van der Waals surface area (Å²) in [7, 11) is 4.00. The second kappa shape index (κ2) is 6.95. The molecule has 2 rings (SSSR count). The smallest absolute Gasteiger partial charge is 0.229 e. The van der Waals surface area contributed by atoms with Crippen molar-refractivity contribution >= 4 is 23.6 Å². The number of amides is 2. The Labute approximate surface area is 123 Å². The molecule has 0 radical (unpaired) electrons. The van der Waals surface area contributed by atoms with E-state index in [1.807, 2.05) is 26.2 Å². The van der Waals surface area contributed by atoms with Crippen molar-refractivity contribution in [2.45, 2.75) is 25.1 Å². The largest absolute Gasteiger partial charge is 0.464 e. The molecule has 0 atom stereocenters. The van der Waals surface area contributed by atoms with Crippen LogP contribution in [0.15, 0.2) is 16.5 Å². The molecule has 1 aromatic heterocycles. The first-order valence-electron chi connectivity index (χ1n) is 6.69. The van der Waals surface area contributed by atoms with Gasteiger partial charge in [0.2, 0.25) is 11.8 Å². The molecule has 1 saturated heterocycles. The minimum absolute atomic E-state index is 0.0399. The molecule has 2 heterocycles. The highest BCUT2D eigenvalue weighted by Crippen LogP contribution is 2.18. The maximum absolute atomic E-state index is 11.4. The van der Waals surface area contributed by atoms with Crippen LogP contribution in [0.1, 0.15) is 24.4 Å². The van der Waals surface area contributed by atoms with E-state index < -0.39 is 0 Å². The lowest BCUT2D eigenvalue weighted by atomic mass is 10.4. The van der Waals surface area contributed by atoms with Gasteiger partial charge in [-0.1, -0.05) is 0 Å². The molecule has 110 valence electrons. The Hall–Kier alpha value is -1.27. The normalized spacial score (nSPS) is 15.7. The van der Waals surface area contributed by atoms with Gasteiger partial charge in [0.05, 0.1) is 12.3 Å². The van der Waals surface area contributed by atoms with E-state index in [0.717, 1.165) is 29.6 Å². The van der Waals surface area contributed by atoms with Gasteiger partial charge in [-0.15, -0.1) is 0 Å². The summed E-state index contributed by atoms with van der Waals surface area (Å²) in [6.45, 7) is 1.30. The molecule has 0 aliphatic carbocycles. The zero-order chi connectivity index (χ0) is 14.5. The monoisotopic (exact) mass is 296 g/mol. The van der Waals surface area contributed by atoms with E-state index in [1.54, 1.807) is 11.8 Å². The predicted molar refractivity (Wildman–Crippen MR) is 78.2 cm³/mol.